The summed E-state index contributed by atoms with van der Waals surface area (Å²) in [4.78, 5) is 55.4. The number of hydrogen-bond acceptors (Lipinski definition) is 7. The van der Waals surface area contributed by atoms with Gasteiger partial charge in [0.1, 0.15) is 0 Å². The van der Waals surface area contributed by atoms with Crippen molar-refractivity contribution < 1.29 is 79.1 Å². The van der Waals surface area contributed by atoms with Crippen LogP contribution in [0.2, 0.25) is 0 Å². The molecule has 1 aliphatic carbocycles. The minimum atomic E-state index is -1.15. The van der Waals surface area contributed by atoms with Gasteiger partial charge in [-0.3, -0.25) is 33.8 Å². The van der Waals surface area contributed by atoms with E-state index >= 15 is 0 Å². The number of rotatable bonds is 10. The van der Waals surface area contributed by atoms with Crippen LogP contribution in [0.1, 0.15) is 32.6 Å². The number of aliphatic carboxylic acids is 5. The number of carbonyl (C=O) groups is 5. The molecule has 2 unspecified atom stereocenters. The molecule has 1 aliphatic rings. The Bertz CT molecular complexity index is 508. The molecular weight excluding hydrogens is 403 g/mol. The van der Waals surface area contributed by atoms with Gasteiger partial charge in [-0.1, -0.05) is 6.42 Å². The topological polar surface area (TPSA) is 193 Å². The largest absolute Gasteiger partial charge is 1.00 e. The Balaban J connectivity index is 0. The van der Waals surface area contributed by atoms with Gasteiger partial charge in [-0.25, -0.2) is 0 Å². The molecule has 0 aromatic heterocycles. The Kier molecular flexibility index (Phi) is 15.4. The summed E-state index contributed by atoms with van der Waals surface area (Å²) in [5, 5.41) is 43.2. The van der Waals surface area contributed by atoms with Crippen LogP contribution in [-0.4, -0.2) is 103 Å². The minimum Gasteiger partial charge on any atom is -0.481 e. The van der Waals surface area contributed by atoms with Crippen molar-refractivity contribution in [2.45, 2.75) is 44.7 Å². The molecule has 1 saturated carbocycles. The molecule has 12 nitrogen and oxygen atoms in total. The van der Waals surface area contributed by atoms with E-state index in [9.17, 15) is 19.2 Å². The van der Waals surface area contributed by atoms with Crippen molar-refractivity contribution in [3.8, 4) is 0 Å². The fourth-order valence-corrected chi connectivity index (χ4v) is 3.13. The molecule has 0 aliphatic heterocycles. The first kappa shape index (κ1) is 29.5. The second-order valence-electron chi connectivity index (χ2n) is 6.38. The van der Waals surface area contributed by atoms with Crippen LogP contribution in [0.4, 0.5) is 0 Å². The molecule has 29 heavy (non-hydrogen) atoms. The van der Waals surface area contributed by atoms with Gasteiger partial charge < -0.3 is 25.5 Å². The Labute approximate surface area is 189 Å². The van der Waals surface area contributed by atoms with Gasteiger partial charge in [0.25, 0.3) is 5.97 Å². The Morgan fingerprint density at radius 3 is 1.14 bits per heavy atom. The van der Waals surface area contributed by atoms with Gasteiger partial charge in [0.2, 0.25) is 0 Å². The van der Waals surface area contributed by atoms with Gasteiger partial charge in [-0.2, -0.15) is 0 Å². The van der Waals surface area contributed by atoms with Gasteiger partial charge in [-0.05, 0) is 19.3 Å². The van der Waals surface area contributed by atoms with Crippen LogP contribution in [0.3, 0.4) is 0 Å². The standard InChI is InChI=1S/C14H22N2O8.C2H4O2.Na/c17-11(18)5-15(6-12(19)20)9-2-1-3-10(4-9)16(7-13(21)22)8-14(23)24;1-2(3)4;/h9-10H,1-8H2,(H,17,18)(H,19,20)(H,21,22)(H,23,24);1H3,(H,3,4);/q;;+1. The van der Waals surface area contributed by atoms with E-state index in [1.807, 2.05) is 0 Å². The van der Waals surface area contributed by atoms with Crippen LogP contribution in [0.5, 0.6) is 0 Å². The van der Waals surface area contributed by atoms with E-state index < -0.39 is 56.0 Å². The average Bonchev–Trinajstić information content (AvgIpc) is 2.51. The fourth-order valence-electron chi connectivity index (χ4n) is 3.13. The molecule has 5 N–H and O–H groups in total. The summed E-state index contributed by atoms with van der Waals surface area (Å²) in [6, 6.07) is -0.693. The van der Waals surface area contributed by atoms with Crippen LogP contribution in [0.25, 0.3) is 0 Å². The third-order valence-corrected chi connectivity index (χ3v) is 4.01. The third-order valence-electron chi connectivity index (χ3n) is 4.01. The molecule has 0 bridgehead atoms. The van der Waals surface area contributed by atoms with Gasteiger partial charge in [0, 0.05) is 19.0 Å². The molecule has 0 saturated heterocycles. The first-order valence-electron chi connectivity index (χ1n) is 8.47. The van der Waals surface area contributed by atoms with E-state index in [0.717, 1.165) is 6.92 Å². The molecule has 0 aromatic rings. The SMILES string of the molecule is CC(=O)O.O=C(O)CN(CC(=O)O)C1CCCC(N(CC(=O)O)CC(=O)O)C1.[Na+]. The minimum absolute atomic E-state index is 0. The maximum absolute atomic E-state index is 10.9. The van der Waals surface area contributed by atoms with Crippen molar-refractivity contribution in [1.82, 2.24) is 9.80 Å². The summed E-state index contributed by atoms with van der Waals surface area (Å²) >= 11 is 0. The van der Waals surface area contributed by atoms with Crippen LogP contribution in [0.15, 0.2) is 0 Å². The Morgan fingerprint density at radius 2 is 0.931 bits per heavy atom. The molecule has 0 radical (unpaired) electrons. The average molecular weight is 429 g/mol. The van der Waals surface area contributed by atoms with E-state index in [4.69, 9.17) is 30.3 Å². The molecule has 0 amide bonds. The van der Waals surface area contributed by atoms with E-state index in [1.165, 1.54) is 9.80 Å². The van der Waals surface area contributed by atoms with Crippen LogP contribution in [0, 0.1) is 0 Å². The molecule has 2 atom stereocenters. The van der Waals surface area contributed by atoms with E-state index in [2.05, 4.69) is 0 Å². The van der Waals surface area contributed by atoms with Gasteiger partial charge in [-0.15, -0.1) is 0 Å². The summed E-state index contributed by atoms with van der Waals surface area (Å²) in [6.07, 6.45) is 2.15. The van der Waals surface area contributed by atoms with E-state index in [1.54, 1.807) is 0 Å². The molecule has 0 aromatic carbocycles. The second-order valence-corrected chi connectivity index (χ2v) is 6.38. The molecule has 1 fully saturated rings. The second kappa shape index (κ2) is 15.2. The number of carboxylic acids is 5. The summed E-state index contributed by atoms with van der Waals surface area (Å²) in [5.74, 6) is -5.42. The predicted octanol–water partition coefficient (Wildman–Crippen LogP) is -3.67. The van der Waals surface area contributed by atoms with Crippen LogP contribution >= 0.6 is 0 Å². The molecule has 160 valence electrons. The molecule has 0 heterocycles. The summed E-state index contributed by atoms with van der Waals surface area (Å²) in [6.45, 7) is -0.633. The first-order valence-corrected chi connectivity index (χ1v) is 8.47. The van der Waals surface area contributed by atoms with Crippen molar-refractivity contribution in [2.24, 2.45) is 0 Å². The van der Waals surface area contributed by atoms with Gasteiger partial charge in [0.05, 0.1) is 26.2 Å². The van der Waals surface area contributed by atoms with Gasteiger partial charge >= 0.3 is 53.4 Å². The Morgan fingerprint density at radius 1 is 0.690 bits per heavy atom. The third kappa shape index (κ3) is 14.9. The van der Waals surface area contributed by atoms with Crippen molar-refractivity contribution >= 4 is 29.8 Å². The van der Waals surface area contributed by atoms with Crippen LogP contribution in [-0.2, 0) is 24.0 Å². The normalized spacial score (nSPS) is 18.2. The molecule has 13 heteroatoms. The number of nitrogens with zero attached hydrogens (tertiary/aromatic N) is 2. The Hall–Kier alpha value is -1.73. The zero-order valence-electron chi connectivity index (χ0n) is 16.5. The van der Waals surface area contributed by atoms with Crippen molar-refractivity contribution in [3.05, 3.63) is 0 Å². The van der Waals surface area contributed by atoms with E-state index in [-0.39, 0.29) is 41.6 Å². The van der Waals surface area contributed by atoms with E-state index in [0.29, 0.717) is 25.7 Å². The number of hydrogen-bond donors (Lipinski definition) is 5. The summed E-state index contributed by atoms with van der Waals surface area (Å²) in [7, 11) is 0. The monoisotopic (exact) mass is 429 g/mol. The quantitative estimate of drug-likeness (QED) is 0.214. The zero-order valence-corrected chi connectivity index (χ0v) is 18.5. The maximum Gasteiger partial charge on any atom is 1.00 e. The van der Waals surface area contributed by atoms with Crippen molar-refractivity contribution in [1.29, 1.82) is 0 Å². The first-order chi connectivity index (χ1) is 12.9. The zero-order chi connectivity index (χ0) is 21.9. The molecular formula is C16H26N2NaO10+. The predicted molar refractivity (Wildman–Crippen MR) is 93.0 cm³/mol. The number of carboxylic acid groups (broad SMARTS) is 5. The smallest absolute Gasteiger partial charge is 0.481 e. The molecule has 1 rings (SSSR count). The van der Waals surface area contributed by atoms with Crippen LogP contribution < -0.4 is 29.6 Å². The maximum atomic E-state index is 10.9. The van der Waals surface area contributed by atoms with Crippen molar-refractivity contribution in [3.63, 3.8) is 0 Å². The van der Waals surface area contributed by atoms with Crippen molar-refractivity contribution in [2.75, 3.05) is 26.2 Å². The summed E-state index contributed by atoms with van der Waals surface area (Å²) < 4.78 is 0. The fraction of sp³-hybridized carbons (Fsp3) is 0.688. The molecule has 0 spiro atoms. The summed E-state index contributed by atoms with van der Waals surface area (Å²) in [5.41, 5.74) is 0. The van der Waals surface area contributed by atoms with Gasteiger partial charge in [0.15, 0.2) is 0 Å².